The molecule has 5 nitrogen and oxygen atoms in total. The van der Waals surface area contributed by atoms with E-state index in [1.165, 1.54) is 10.9 Å². The lowest BCUT2D eigenvalue weighted by atomic mass is 10.4. The van der Waals surface area contributed by atoms with Crippen LogP contribution in [0.4, 0.5) is 0 Å². The van der Waals surface area contributed by atoms with Crippen molar-refractivity contribution in [2.75, 3.05) is 13.2 Å². The van der Waals surface area contributed by atoms with Crippen LogP contribution in [0.15, 0.2) is 25.3 Å². The minimum atomic E-state index is -0.446. The number of carbonyl (C=O) groups is 1. The van der Waals surface area contributed by atoms with Crippen LogP contribution in [0.25, 0.3) is 5.70 Å². The van der Waals surface area contributed by atoms with Gasteiger partial charge in [-0.25, -0.2) is 9.78 Å². The van der Waals surface area contributed by atoms with E-state index in [0.29, 0.717) is 13.2 Å². The minimum absolute atomic E-state index is 0.0783. The molecule has 5 heteroatoms. The molecular formula is C9H10N2O3. The monoisotopic (exact) mass is 194 g/mol. The van der Waals surface area contributed by atoms with Gasteiger partial charge in [-0.15, -0.1) is 0 Å². The number of carbonyl (C=O) groups excluding carboxylic acids is 1. The maximum Gasteiger partial charge on any atom is 0.354 e. The molecule has 0 spiro atoms. The molecule has 14 heavy (non-hydrogen) atoms. The second-order valence-corrected chi connectivity index (χ2v) is 2.97. The largest absolute Gasteiger partial charge is 0.458 e. The van der Waals surface area contributed by atoms with Crippen LogP contribution < -0.4 is 0 Å². The van der Waals surface area contributed by atoms with Crippen LogP contribution in [0, 0.1) is 0 Å². The first-order valence-corrected chi connectivity index (χ1v) is 4.23. The number of rotatable bonds is 4. The number of aromatic nitrogens is 2. The molecule has 0 saturated carbocycles. The van der Waals surface area contributed by atoms with Gasteiger partial charge in [0, 0.05) is 12.4 Å². The highest BCUT2D eigenvalue weighted by atomic mass is 16.6. The Hall–Kier alpha value is -1.62. The van der Waals surface area contributed by atoms with Crippen molar-refractivity contribution in [3.8, 4) is 0 Å². The van der Waals surface area contributed by atoms with Crippen LogP contribution in [0.3, 0.4) is 0 Å². The number of imidazole rings is 1. The van der Waals surface area contributed by atoms with Gasteiger partial charge in [0.2, 0.25) is 0 Å². The lowest BCUT2D eigenvalue weighted by Crippen LogP contribution is -2.13. The van der Waals surface area contributed by atoms with Crippen LogP contribution in [0.1, 0.15) is 0 Å². The number of nitrogens with zero attached hydrogens (tertiary/aromatic N) is 2. The lowest BCUT2D eigenvalue weighted by molar-refractivity contribution is -0.137. The van der Waals surface area contributed by atoms with Gasteiger partial charge >= 0.3 is 5.97 Å². The van der Waals surface area contributed by atoms with Crippen LogP contribution in [-0.2, 0) is 14.3 Å². The fourth-order valence-corrected chi connectivity index (χ4v) is 0.940. The van der Waals surface area contributed by atoms with E-state index in [1.807, 2.05) is 0 Å². The third-order valence-corrected chi connectivity index (χ3v) is 1.85. The van der Waals surface area contributed by atoms with E-state index >= 15 is 0 Å². The molecule has 1 fully saturated rings. The zero-order chi connectivity index (χ0) is 9.97. The summed E-state index contributed by atoms with van der Waals surface area (Å²) >= 11 is 0. The first-order valence-electron chi connectivity index (χ1n) is 4.23. The van der Waals surface area contributed by atoms with Gasteiger partial charge in [0.25, 0.3) is 0 Å². The molecular weight excluding hydrogens is 184 g/mol. The van der Waals surface area contributed by atoms with Gasteiger partial charge in [-0.3, -0.25) is 0 Å². The Morgan fingerprint density at radius 3 is 3.14 bits per heavy atom. The fourth-order valence-electron chi connectivity index (χ4n) is 0.940. The van der Waals surface area contributed by atoms with E-state index in [9.17, 15) is 4.79 Å². The summed E-state index contributed by atoms with van der Waals surface area (Å²) in [5, 5.41) is 0. The molecule has 0 amide bonds. The Labute approximate surface area is 81.0 Å². The summed E-state index contributed by atoms with van der Waals surface area (Å²) in [4.78, 5) is 15.2. The Morgan fingerprint density at radius 1 is 1.79 bits per heavy atom. The second-order valence-electron chi connectivity index (χ2n) is 2.97. The van der Waals surface area contributed by atoms with Gasteiger partial charge in [0.1, 0.15) is 18.4 Å². The van der Waals surface area contributed by atoms with Crippen molar-refractivity contribution >= 4 is 11.7 Å². The molecule has 0 N–H and O–H groups in total. The van der Waals surface area contributed by atoms with Gasteiger partial charge < -0.3 is 14.0 Å². The molecule has 0 aromatic carbocycles. The molecule has 1 aliphatic heterocycles. The summed E-state index contributed by atoms with van der Waals surface area (Å²) in [5.41, 5.74) is 0.253. The van der Waals surface area contributed by atoms with Gasteiger partial charge in [-0.2, -0.15) is 0 Å². The molecule has 0 bridgehead atoms. The van der Waals surface area contributed by atoms with E-state index in [-0.39, 0.29) is 11.8 Å². The molecule has 1 unspecified atom stereocenters. The maximum atomic E-state index is 11.3. The van der Waals surface area contributed by atoms with Crippen LogP contribution in [0.5, 0.6) is 0 Å². The van der Waals surface area contributed by atoms with Crippen LogP contribution >= 0.6 is 0 Å². The normalized spacial score (nSPS) is 19.0. The van der Waals surface area contributed by atoms with Crippen molar-refractivity contribution in [2.45, 2.75) is 6.10 Å². The van der Waals surface area contributed by atoms with E-state index < -0.39 is 5.97 Å². The topological polar surface area (TPSA) is 56.6 Å². The van der Waals surface area contributed by atoms with Crippen molar-refractivity contribution in [1.29, 1.82) is 0 Å². The molecule has 0 radical (unpaired) electrons. The standard InChI is InChI=1S/C9H10N2O3/c1-7(11-3-2-10-6-11)9(12)14-5-8-4-13-8/h2-3,6,8H,1,4-5H2. The third-order valence-electron chi connectivity index (χ3n) is 1.85. The Balaban J connectivity index is 1.87. The quantitative estimate of drug-likeness (QED) is 0.393. The SMILES string of the molecule is C=C(C(=O)OCC1CO1)n1ccnc1. The first kappa shape index (κ1) is 8.96. The molecule has 1 aromatic heterocycles. The van der Waals surface area contributed by atoms with E-state index in [2.05, 4.69) is 11.6 Å². The van der Waals surface area contributed by atoms with Gasteiger partial charge in [0.15, 0.2) is 0 Å². The van der Waals surface area contributed by atoms with E-state index in [4.69, 9.17) is 9.47 Å². The first-order chi connectivity index (χ1) is 6.77. The summed E-state index contributed by atoms with van der Waals surface area (Å²) in [5.74, 6) is -0.446. The highest BCUT2D eigenvalue weighted by Gasteiger charge is 2.24. The number of ether oxygens (including phenoxy) is 2. The highest BCUT2D eigenvalue weighted by Crippen LogP contribution is 2.10. The average Bonchev–Trinajstić information content (AvgIpc) is 2.86. The zero-order valence-electron chi connectivity index (χ0n) is 7.55. The summed E-state index contributed by atoms with van der Waals surface area (Å²) in [6.07, 6.45) is 4.78. The fraction of sp³-hybridized carbons (Fsp3) is 0.333. The molecule has 2 rings (SSSR count). The van der Waals surface area contributed by atoms with E-state index in [1.54, 1.807) is 12.4 Å². The number of hydrogen-bond acceptors (Lipinski definition) is 4. The molecule has 2 heterocycles. The third kappa shape index (κ3) is 2.00. The Morgan fingerprint density at radius 2 is 2.57 bits per heavy atom. The Kier molecular flexibility index (Phi) is 2.32. The van der Waals surface area contributed by atoms with Crippen molar-refractivity contribution in [3.05, 3.63) is 25.3 Å². The number of epoxide rings is 1. The average molecular weight is 194 g/mol. The predicted molar refractivity (Wildman–Crippen MR) is 48.3 cm³/mol. The van der Waals surface area contributed by atoms with Gasteiger partial charge in [-0.05, 0) is 0 Å². The van der Waals surface area contributed by atoms with Crippen molar-refractivity contribution < 1.29 is 14.3 Å². The van der Waals surface area contributed by atoms with Crippen LogP contribution in [0.2, 0.25) is 0 Å². The van der Waals surface area contributed by atoms with Crippen molar-refractivity contribution in [2.24, 2.45) is 0 Å². The molecule has 0 aliphatic carbocycles. The summed E-state index contributed by atoms with van der Waals surface area (Å²) in [7, 11) is 0. The van der Waals surface area contributed by atoms with Gasteiger partial charge in [0.05, 0.1) is 12.9 Å². The molecule has 1 atom stereocenters. The maximum absolute atomic E-state index is 11.3. The van der Waals surface area contributed by atoms with Crippen molar-refractivity contribution in [1.82, 2.24) is 9.55 Å². The smallest absolute Gasteiger partial charge is 0.354 e. The van der Waals surface area contributed by atoms with E-state index in [0.717, 1.165) is 0 Å². The van der Waals surface area contributed by atoms with Gasteiger partial charge in [-0.1, -0.05) is 6.58 Å². The van der Waals surface area contributed by atoms with Crippen molar-refractivity contribution in [3.63, 3.8) is 0 Å². The number of hydrogen-bond donors (Lipinski definition) is 0. The summed E-state index contributed by atoms with van der Waals surface area (Å²) in [6.45, 7) is 4.57. The van der Waals surface area contributed by atoms with Crippen LogP contribution in [-0.4, -0.2) is 34.8 Å². The zero-order valence-corrected chi connectivity index (χ0v) is 7.55. The predicted octanol–water partition coefficient (Wildman–Crippen LogP) is 0.296. The lowest BCUT2D eigenvalue weighted by Gasteiger charge is -2.05. The highest BCUT2D eigenvalue weighted by molar-refractivity contribution is 6.08. The molecule has 1 aliphatic rings. The molecule has 74 valence electrons. The molecule has 1 saturated heterocycles. The summed E-state index contributed by atoms with van der Waals surface area (Å²) in [6, 6.07) is 0. The minimum Gasteiger partial charge on any atom is -0.458 e. The second kappa shape index (κ2) is 3.63. The summed E-state index contributed by atoms with van der Waals surface area (Å²) < 4.78 is 11.4. The Bertz CT molecular complexity index is 341. The molecule has 1 aromatic rings. The number of esters is 1.